The molecule has 0 unspecified atom stereocenters. The largest absolute Gasteiger partial charge is 0.482 e. The average molecular weight is 387 g/mol. The van der Waals surface area contributed by atoms with Crippen LogP contribution >= 0.6 is 0 Å². The molecule has 6 heteroatoms. The minimum absolute atomic E-state index is 0.0468. The van der Waals surface area contributed by atoms with Crippen molar-refractivity contribution >= 4 is 17.7 Å². The highest BCUT2D eigenvalue weighted by atomic mass is 16.6. The first-order valence-corrected chi connectivity index (χ1v) is 9.90. The van der Waals surface area contributed by atoms with Crippen LogP contribution in [0, 0.1) is 0 Å². The Labute approximate surface area is 166 Å². The van der Waals surface area contributed by atoms with Gasteiger partial charge in [0.25, 0.3) is 5.91 Å². The monoisotopic (exact) mass is 387 g/mol. The number of amides is 1. The molecule has 6 nitrogen and oxygen atoms in total. The number of benzene rings is 1. The Morgan fingerprint density at radius 1 is 1.14 bits per heavy atom. The van der Waals surface area contributed by atoms with Gasteiger partial charge in [0.1, 0.15) is 5.75 Å². The maximum absolute atomic E-state index is 12.0. The van der Waals surface area contributed by atoms with Gasteiger partial charge in [-0.2, -0.15) is 0 Å². The number of nitrogens with one attached hydrogen (secondary N) is 1. The van der Waals surface area contributed by atoms with Crippen molar-refractivity contribution in [2.24, 2.45) is 0 Å². The molecule has 0 fully saturated rings. The van der Waals surface area contributed by atoms with Gasteiger partial charge >= 0.3 is 5.97 Å². The molecular weight excluding hydrogens is 358 g/mol. The minimum Gasteiger partial charge on any atom is -0.482 e. The fourth-order valence-corrected chi connectivity index (χ4v) is 2.99. The quantitative estimate of drug-likeness (QED) is 0.377. The summed E-state index contributed by atoms with van der Waals surface area (Å²) in [7, 11) is 0. The molecule has 1 amide bonds. The van der Waals surface area contributed by atoms with E-state index in [4.69, 9.17) is 9.47 Å². The van der Waals surface area contributed by atoms with Crippen LogP contribution in [0.4, 0.5) is 0 Å². The van der Waals surface area contributed by atoms with Gasteiger partial charge in [-0.15, -0.1) is 0 Å². The van der Waals surface area contributed by atoms with Crippen LogP contribution in [-0.2, 0) is 14.3 Å². The summed E-state index contributed by atoms with van der Waals surface area (Å²) < 4.78 is 10.5. The average Bonchev–Trinajstić information content (AvgIpc) is 2.72. The number of ketones is 1. The van der Waals surface area contributed by atoms with E-state index in [1.807, 2.05) is 0 Å². The second-order valence-electron chi connectivity index (χ2n) is 6.87. The summed E-state index contributed by atoms with van der Waals surface area (Å²) in [6.45, 7) is 3.59. The molecule has 2 rings (SSSR count). The van der Waals surface area contributed by atoms with Crippen molar-refractivity contribution in [3.8, 4) is 5.75 Å². The highest BCUT2D eigenvalue weighted by molar-refractivity contribution is 5.95. The summed E-state index contributed by atoms with van der Waals surface area (Å²) >= 11 is 0. The Balaban J connectivity index is 1.67. The van der Waals surface area contributed by atoms with Crippen molar-refractivity contribution in [3.05, 3.63) is 41.5 Å². The standard InChI is InChI=1S/C22H29NO5/c1-3-20(24)18-9-11-19(12-10-18)27-15-21(25)28-16(2)22(26)23-14-13-17-7-5-4-6-8-17/h7,9-12,16H,3-6,8,13-15H2,1-2H3,(H,23,26)/t16-/m1/s1. The lowest BCUT2D eigenvalue weighted by molar-refractivity contribution is -0.156. The number of Topliss-reactive ketones (excluding diaryl/α,β-unsaturated/α-hetero) is 1. The molecule has 0 saturated carbocycles. The van der Waals surface area contributed by atoms with Crippen LogP contribution in [0.2, 0.25) is 0 Å². The summed E-state index contributed by atoms with van der Waals surface area (Å²) in [5.41, 5.74) is 1.99. The lowest BCUT2D eigenvalue weighted by Gasteiger charge is -2.16. The van der Waals surface area contributed by atoms with Gasteiger partial charge in [-0.05, 0) is 63.3 Å². The zero-order chi connectivity index (χ0) is 20.4. The van der Waals surface area contributed by atoms with Gasteiger partial charge in [-0.1, -0.05) is 18.6 Å². The van der Waals surface area contributed by atoms with Gasteiger partial charge < -0.3 is 14.8 Å². The van der Waals surface area contributed by atoms with Crippen molar-refractivity contribution in [2.45, 2.75) is 58.5 Å². The first kappa shape index (κ1) is 21.7. The topological polar surface area (TPSA) is 81.7 Å². The number of hydrogen-bond acceptors (Lipinski definition) is 5. The van der Waals surface area contributed by atoms with Crippen molar-refractivity contribution in [1.82, 2.24) is 5.32 Å². The zero-order valence-electron chi connectivity index (χ0n) is 16.7. The van der Waals surface area contributed by atoms with Gasteiger partial charge in [0.05, 0.1) is 0 Å². The summed E-state index contributed by atoms with van der Waals surface area (Å²) in [5, 5.41) is 2.80. The third-order valence-corrected chi connectivity index (χ3v) is 4.66. The summed E-state index contributed by atoms with van der Waals surface area (Å²) in [6.07, 6.45) is 7.33. The van der Waals surface area contributed by atoms with E-state index < -0.39 is 12.1 Å². The Hall–Kier alpha value is -2.63. The molecule has 1 aromatic carbocycles. The normalized spacial score (nSPS) is 14.6. The van der Waals surface area contributed by atoms with Gasteiger partial charge in [-0.25, -0.2) is 4.79 Å². The molecule has 28 heavy (non-hydrogen) atoms. The predicted molar refractivity (Wildman–Crippen MR) is 106 cm³/mol. The Morgan fingerprint density at radius 3 is 2.54 bits per heavy atom. The SMILES string of the molecule is CCC(=O)c1ccc(OCC(=O)O[C@H](C)C(=O)NCCC2=CCCCC2)cc1. The van der Waals surface area contributed by atoms with E-state index in [1.165, 1.54) is 25.3 Å². The molecule has 0 spiro atoms. The molecule has 0 aromatic heterocycles. The van der Waals surface area contributed by atoms with Gasteiger partial charge in [0.2, 0.25) is 0 Å². The number of hydrogen-bond donors (Lipinski definition) is 1. The molecule has 1 aromatic rings. The Bertz CT molecular complexity index is 708. The molecular formula is C22H29NO5. The lowest BCUT2D eigenvalue weighted by atomic mass is 9.97. The van der Waals surface area contributed by atoms with Crippen LogP contribution in [0.1, 0.15) is 62.7 Å². The zero-order valence-corrected chi connectivity index (χ0v) is 16.7. The fraction of sp³-hybridized carbons (Fsp3) is 0.500. The molecule has 0 saturated heterocycles. The first-order valence-electron chi connectivity index (χ1n) is 9.90. The number of ether oxygens (including phenoxy) is 2. The van der Waals surface area contributed by atoms with Gasteiger partial charge in [-0.3, -0.25) is 9.59 Å². The second kappa shape index (κ2) is 11.3. The van der Waals surface area contributed by atoms with Crippen LogP contribution in [0.25, 0.3) is 0 Å². The number of carbonyl (C=O) groups is 3. The van der Waals surface area contributed by atoms with E-state index in [-0.39, 0.29) is 18.3 Å². The maximum atomic E-state index is 12.0. The predicted octanol–water partition coefficient (Wildman–Crippen LogP) is 3.60. The van der Waals surface area contributed by atoms with E-state index in [0.29, 0.717) is 24.3 Å². The number of carbonyl (C=O) groups excluding carboxylic acids is 3. The number of esters is 1. The maximum Gasteiger partial charge on any atom is 0.344 e. The van der Waals surface area contributed by atoms with E-state index >= 15 is 0 Å². The second-order valence-corrected chi connectivity index (χ2v) is 6.87. The fourth-order valence-electron chi connectivity index (χ4n) is 2.99. The molecule has 0 heterocycles. The van der Waals surface area contributed by atoms with Gasteiger partial charge in [0.15, 0.2) is 18.5 Å². The minimum atomic E-state index is -0.874. The van der Waals surface area contributed by atoms with Gasteiger partial charge in [0, 0.05) is 18.5 Å². The van der Waals surface area contributed by atoms with E-state index in [0.717, 1.165) is 19.3 Å². The van der Waals surface area contributed by atoms with E-state index in [9.17, 15) is 14.4 Å². The smallest absolute Gasteiger partial charge is 0.344 e. The summed E-state index contributed by atoms with van der Waals surface area (Å²) in [4.78, 5) is 35.5. The van der Waals surface area contributed by atoms with Crippen LogP contribution in [0.3, 0.4) is 0 Å². The van der Waals surface area contributed by atoms with Crippen molar-refractivity contribution in [1.29, 1.82) is 0 Å². The van der Waals surface area contributed by atoms with E-state index in [1.54, 1.807) is 31.2 Å². The van der Waals surface area contributed by atoms with E-state index in [2.05, 4.69) is 11.4 Å². The van der Waals surface area contributed by atoms with Crippen molar-refractivity contribution < 1.29 is 23.9 Å². The van der Waals surface area contributed by atoms with Crippen LogP contribution in [0.5, 0.6) is 5.75 Å². The molecule has 1 aliphatic rings. The summed E-state index contributed by atoms with van der Waals surface area (Å²) in [5.74, 6) is -0.424. The third-order valence-electron chi connectivity index (χ3n) is 4.66. The highest BCUT2D eigenvalue weighted by Gasteiger charge is 2.18. The molecule has 0 aliphatic heterocycles. The molecule has 0 bridgehead atoms. The molecule has 152 valence electrons. The lowest BCUT2D eigenvalue weighted by Crippen LogP contribution is -2.37. The highest BCUT2D eigenvalue weighted by Crippen LogP contribution is 2.19. The van der Waals surface area contributed by atoms with Crippen LogP contribution in [0.15, 0.2) is 35.9 Å². The molecule has 1 atom stereocenters. The van der Waals surface area contributed by atoms with Crippen LogP contribution in [-0.4, -0.2) is 36.9 Å². The first-order chi connectivity index (χ1) is 13.5. The third kappa shape index (κ3) is 7.18. The molecule has 1 aliphatic carbocycles. The number of allylic oxidation sites excluding steroid dienone is 1. The van der Waals surface area contributed by atoms with Crippen LogP contribution < -0.4 is 10.1 Å². The molecule has 1 N–H and O–H groups in total. The number of rotatable bonds is 10. The van der Waals surface area contributed by atoms with Crippen molar-refractivity contribution in [2.75, 3.05) is 13.2 Å². The van der Waals surface area contributed by atoms with Crippen molar-refractivity contribution in [3.63, 3.8) is 0 Å². The molecule has 0 radical (unpaired) electrons. The summed E-state index contributed by atoms with van der Waals surface area (Å²) in [6, 6.07) is 6.58. The Kier molecular flexibility index (Phi) is 8.72. The Morgan fingerprint density at radius 2 is 1.89 bits per heavy atom.